The molecule has 0 fully saturated rings. The van der Waals surface area contributed by atoms with Crippen LogP contribution in [0.4, 0.5) is 5.69 Å². The Morgan fingerprint density at radius 1 is 1.43 bits per heavy atom. The number of carbonyl (C=O) groups is 1. The second-order valence-electron chi connectivity index (χ2n) is 5.73. The minimum Gasteiger partial charge on any atom is -0.491 e. The summed E-state index contributed by atoms with van der Waals surface area (Å²) in [6, 6.07) is 5.72. The maximum atomic E-state index is 11.6. The van der Waals surface area contributed by atoms with Crippen molar-refractivity contribution in [2.45, 2.75) is 40.0 Å². The van der Waals surface area contributed by atoms with Crippen molar-refractivity contribution in [3.63, 3.8) is 0 Å². The van der Waals surface area contributed by atoms with E-state index in [9.17, 15) is 4.79 Å². The number of anilines is 1. The topological polar surface area (TPSA) is 76.1 Å². The van der Waals surface area contributed by atoms with Crippen LogP contribution < -0.4 is 10.5 Å². The number of ketones is 1. The Balaban J connectivity index is 2.61. The number of nitrogen functional groups attached to an aromatic ring is 1. The quantitative estimate of drug-likeness (QED) is 0.450. The number of nitriles is 1. The summed E-state index contributed by atoms with van der Waals surface area (Å²) in [5.74, 6) is 0.369. The maximum absolute atomic E-state index is 11.6. The van der Waals surface area contributed by atoms with Gasteiger partial charge in [-0.3, -0.25) is 4.79 Å². The standard InChI is InChI=1S/C16H21BrN2O2/c1-11(20)13-8-12(17)9-14(19)15(13)21-7-5-4-6-16(2,3)10-18/h8-9H,4-7,19H2,1-3H3. The molecule has 21 heavy (non-hydrogen) atoms. The molecule has 0 atom stereocenters. The lowest BCUT2D eigenvalue weighted by Gasteiger charge is -2.16. The highest BCUT2D eigenvalue weighted by atomic mass is 79.9. The normalized spacial score (nSPS) is 11.0. The van der Waals surface area contributed by atoms with Crippen molar-refractivity contribution in [2.24, 2.45) is 5.41 Å². The van der Waals surface area contributed by atoms with Crippen molar-refractivity contribution in [3.8, 4) is 11.8 Å². The Morgan fingerprint density at radius 2 is 2.10 bits per heavy atom. The molecular weight excluding hydrogens is 332 g/mol. The lowest BCUT2D eigenvalue weighted by atomic mass is 9.89. The molecule has 1 aromatic rings. The largest absolute Gasteiger partial charge is 0.491 e. The number of halogens is 1. The Morgan fingerprint density at radius 3 is 2.67 bits per heavy atom. The summed E-state index contributed by atoms with van der Waals surface area (Å²) in [6.45, 7) is 5.82. The van der Waals surface area contributed by atoms with Gasteiger partial charge in [-0.2, -0.15) is 5.26 Å². The molecule has 114 valence electrons. The molecule has 5 heteroatoms. The Hall–Kier alpha value is -1.54. The average molecular weight is 353 g/mol. The molecule has 0 aliphatic carbocycles. The van der Waals surface area contributed by atoms with Gasteiger partial charge in [0.25, 0.3) is 0 Å². The molecule has 2 N–H and O–H groups in total. The van der Waals surface area contributed by atoms with E-state index in [1.165, 1.54) is 6.92 Å². The number of carbonyl (C=O) groups excluding carboxylic acids is 1. The summed E-state index contributed by atoms with van der Waals surface area (Å²) in [6.07, 6.45) is 2.53. The highest BCUT2D eigenvalue weighted by molar-refractivity contribution is 9.10. The van der Waals surface area contributed by atoms with E-state index in [0.717, 1.165) is 23.7 Å². The summed E-state index contributed by atoms with van der Waals surface area (Å²) >= 11 is 3.32. The summed E-state index contributed by atoms with van der Waals surface area (Å²) in [5.41, 5.74) is 6.55. The van der Waals surface area contributed by atoms with Gasteiger partial charge in [0.1, 0.15) is 0 Å². The second kappa shape index (κ2) is 7.46. The Bertz CT molecular complexity index is 562. The van der Waals surface area contributed by atoms with E-state index in [-0.39, 0.29) is 11.2 Å². The molecule has 0 unspecified atom stereocenters. The van der Waals surface area contributed by atoms with Crippen LogP contribution in [0.3, 0.4) is 0 Å². The monoisotopic (exact) mass is 352 g/mol. The smallest absolute Gasteiger partial charge is 0.163 e. The molecule has 0 spiro atoms. The summed E-state index contributed by atoms with van der Waals surface area (Å²) < 4.78 is 6.44. The number of nitrogens with zero attached hydrogens (tertiary/aromatic N) is 1. The van der Waals surface area contributed by atoms with Gasteiger partial charge in [-0.1, -0.05) is 15.9 Å². The number of hydrogen-bond donors (Lipinski definition) is 1. The van der Waals surface area contributed by atoms with Crippen molar-refractivity contribution in [3.05, 3.63) is 22.2 Å². The first-order valence-corrected chi connectivity index (χ1v) is 7.70. The van der Waals surface area contributed by atoms with E-state index in [2.05, 4.69) is 22.0 Å². The van der Waals surface area contributed by atoms with Crippen LogP contribution in [-0.4, -0.2) is 12.4 Å². The molecule has 0 aromatic heterocycles. The van der Waals surface area contributed by atoms with Crippen LogP contribution in [0.25, 0.3) is 0 Å². The first kappa shape index (κ1) is 17.5. The van der Waals surface area contributed by atoms with Gasteiger partial charge in [-0.15, -0.1) is 0 Å². The van der Waals surface area contributed by atoms with Crippen LogP contribution in [0.5, 0.6) is 5.75 Å². The number of hydrogen-bond acceptors (Lipinski definition) is 4. The van der Waals surface area contributed by atoms with Gasteiger partial charge < -0.3 is 10.5 Å². The summed E-state index contributed by atoms with van der Waals surface area (Å²) in [5, 5.41) is 8.95. The van der Waals surface area contributed by atoms with Crippen molar-refractivity contribution < 1.29 is 9.53 Å². The molecule has 4 nitrogen and oxygen atoms in total. The third-order valence-electron chi connectivity index (χ3n) is 3.21. The van der Waals surface area contributed by atoms with Crippen LogP contribution in [0.2, 0.25) is 0 Å². The molecule has 0 aliphatic rings. The minimum absolute atomic E-state index is 0.0800. The number of benzene rings is 1. The fourth-order valence-electron chi connectivity index (χ4n) is 1.94. The molecule has 1 rings (SSSR count). The number of unbranched alkanes of at least 4 members (excludes halogenated alkanes) is 1. The van der Waals surface area contributed by atoms with Crippen LogP contribution in [0, 0.1) is 16.7 Å². The van der Waals surface area contributed by atoms with Gasteiger partial charge in [-0.25, -0.2) is 0 Å². The van der Waals surface area contributed by atoms with Gasteiger partial charge in [0.15, 0.2) is 11.5 Å². The Kier molecular flexibility index (Phi) is 6.22. The maximum Gasteiger partial charge on any atom is 0.163 e. The van der Waals surface area contributed by atoms with Crippen LogP contribution >= 0.6 is 15.9 Å². The molecule has 0 amide bonds. The van der Waals surface area contributed by atoms with Crippen LogP contribution in [0.1, 0.15) is 50.4 Å². The molecule has 0 bridgehead atoms. The third-order valence-corrected chi connectivity index (χ3v) is 3.66. The number of Topliss-reactive ketones (excluding diaryl/α,β-unsaturated/α-hetero) is 1. The summed E-state index contributed by atoms with van der Waals surface area (Å²) in [7, 11) is 0. The van der Waals surface area contributed by atoms with Gasteiger partial charge in [0.05, 0.1) is 29.3 Å². The average Bonchev–Trinajstić information content (AvgIpc) is 2.39. The first-order chi connectivity index (χ1) is 9.76. The second-order valence-corrected chi connectivity index (χ2v) is 6.64. The first-order valence-electron chi connectivity index (χ1n) is 6.91. The third kappa shape index (κ3) is 5.39. The highest BCUT2D eigenvalue weighted by Gasteiger charge is 2.16. The van der Waals surface area contributed by atoms with Gasteiger partial charge in [0, 0.05) is 4.47 Å². The van der Waals surface area contributed by atoms with Crippen LogP contribution in [0.15, 0.2) is 16.6 Å². The SMILES string of the molecule is CC(=O)c1cc(Br)cc(N)c1OCCCCC(C)(C)C#N. The predicted molar refractivity (Wildman–Crippen MR) is 87.3 cm³/mol. The van der Waals surface area contributed by atoms with Crippen molar-refractivity contribution in [1.29, 1.82) is 5.26 Å². The zero-order valence-corrected chi connectivity index (χ0v) is 14.3. The number of ether oxygens (including phenoxy) is 1. The lowest BCUT2D eigenvalue weighted by molar-refractivity contribution is 0.101. The number of rotatable bonds is 7. The van der Waals surface area contributed by atoms with Crippen molar-refractivity contribution in [1.82, 2.24) is 0 Å². The summed E-state index contributed by atoms with van der Waals surface area (Å²) in [4.78, 5) is 11.6. The molecule has 0 heterocycles. The van der Waals surface area contributed by atoms with Crippen molar-refractivity contribution in [2.75, 3.05) is 12.3 Å². The zero-order chi connectivity index (χ0) is 16.0. The highest BCUT2D eigenvalue weighted by Crippen LogP contribution is 2.31. The van der Waals surface area contributed by atoms with E-state index >= 15 is 0 Å². The minimum atomic E-state index is -0.304. The fraction of sp³-hybridized carbons (Fsp3) is 0.500. The predicted octanol–water partition coefficient (Wildman–Crippen LogP) is 4.33. The molecule has 0 saturated heterocycles. The Labute approximate surface area is 134 Å². The van der Waals surface area contributed by atoms with Gasteiger partial charge in [0.2, 0.25) is 0 Å². The molecular formula is C16H21BrN2O2. The molecule has 0 radical (unpaired) electrons. The molecule has 0 aliphatic heterocycles. The molecule has 0 saturated carbocycles. The van der Waals surface area contributed by atoms with Gasteiger partial charge in [-0.05, 0) is 52.2 Å². The molecule has 1 aromatic carbocycles. The van der Waals surface area contributed by atoms with E-state index < -0.39 is 0 Å². The van der Waals surface area contributed by atoms with E-state index in [1.54, 1.807) is 12.1 Å². The van der Waals surface area contributed by atoms with Crippen LogP contribution in [-0.2, 0) is 0 Å². The van der Waals surface area contributed by atoms with E-state index in [0.29, 0.717) is 23.6 Å². The van der Waals surface area contributed by atoms with E-state index in [1.807, 2.05) is 13.8 Å². The van der Waals surface area contributed by atoms with Gasteiger partial charge >= 0.3 is 0 Å². The number of nitrogens with two attached hydrogens (primary N) is 1. The van der Waals surface area contributed by atoms with Crippen molar-refractivity contribution >= 4 is 27.4 Å². The zero-order valence-electron chi connectivity index (χ0n) is 12.7. The fourth-order valence-corrected chi connectivity index (χ4v) is 2.41. The lowest BCUT2D eigenvalue weighted by Crippen LogP contribution is -2.09. The van der Waals surface area contributed by atoms with E-state index in [4.69, 9.17) is 15.7 Å².